The van der Waals surface area contributed by atoms with E-state index in [0.717, 1.165) is 17.8 Å². The van der Waals surface area contributed by atoms with Gasteiger partial charge in [0.25, 0.3) is 0 Å². The summed E-state index contributed by atoms with van der Waals surface area (Å²) in [6, 6.07) is 13.8. The molecule has 0 radical (unpaired) electrons. The van der Waals surface area contributed by atoms with Gasteiger partial charge in [-0.25, -0.2) is 9.38 Å². The number of ether oxygens (including phenoxy) is 1. The fraction of sp³-hybridized carbons (Fsp3) is 0.364. The summed E-state index contributed by atoms with van der Waals surface area (Å²) in [5, 5.41) is 9.47. The number of nitrogens with zero attached hydrogens (tertiary/aromatic N) is 1. The molecule has 6 nitrogen and oxygen atoms in total. The summed E-state index contributed by atoms with van der Waals surface area (Å²) in [5.74, 6) is 1.09. The molecule has 0 bridgehead atoms. The minimum absolute atomic E-state index is 0. The molecule has 1 aliphatic rings. The van der Waals surface area contributed by atoms with Crippen molar-refractivity contribution in [2.24, 2.45) is 4.99 Å². The molecule has 0 fully saturated rings. The third-order valence-electron chi connectivity index (χ3n) is 4.62. The Hall–Kier alpha value is -2.36. The molecule has 2 unspecified atom stereocenters. The second-order valence-corrected chi connectivity index (χ2v) is 7.02. The molecule has 30 heavy (non-hydrogen) atoms. The third-order valence-corrected chi connectivity index (χ3v) is 4.62. The molecule has 1 heterocycles. The molecule has 3 N–H and O–H groups in total. The molecule has 2 aromatic carbocycles. The number of halogens is 2. The maximum absolute atomic E-state index is 13.0. The summed E-state index contributed by atoms with van der Waals surface area (Å²) < 4.78 is 18.8. The van der Waals surface area contributed by atoms with Crippen molar-refractivity contribution in [3.8, 4) is 5.75 Å². The van der Waals surface area contributed by atoms with Gasteiger partial charge in [0.1, 0.15) is 17.7 Å². The quantitative estimate of drug-likeness (QED) is 0.291. The second-order valence-electron chi connectivity index (χ2n) is 7.02. The van der Waals surface area contributed by atoms with Gasteiger partial charge in [0.15, 0.2) is 5.96 Å². The summed E-state index contributed by atoms with van der Waals surface area (Å²) in [6.45, 7) is 5.68. The maximum atomic E-state index is 13.0. The number of hydrogen-bond acceptors (Lipinski definition) is 3. The van der Waals surface area contributed by atoms with Crippen LogP contribution in [0, 0.1) is 5.82 Å². The molecule has 0 saturated carbocycles. The number of rotatable bonds is 7. The lowest BCUT2D eigenvalue weighted by molar-refractivity contribution is -0.116. The van der Waals surface area contributed by atoms with E-state index in [1.807, 2.05) is 38.1 Å². The van der Waals surface area contributed by atoms with Gasteiger partial charge >= 0.3 is 0 Å². The van der Waals surface area contributed by atoms with Crippen LogP contribution < -0.4 is 20.7 Å². The highest BCUT2D eigenvalue weighted by molar-refractivity contribution is 14.0. The molecule has 8 heteroatoms. The van der Waals surface area contributed by atoms with Crippen LogP contribution in [0.2, 0.25) is 0 Å². The molecular formula is C22H28FIN4O2. The van der Waals surface area contributed by atoms with Crippen molar-refractivity contribution in [1.29, 1.82) is 0 Å². The SMILES string of the molecule is CCNC(=NCC(C)Oc1ccc(F)cc1)NCC1CC(=O)Nc2ccccc21.I. The fourth-order valence-electron chi connectivity index (χ4n) is 3.25. The molecule has 0 aromatic heterocycles. The topological polar surface area (TPSA) is 74.8 Å². The number of carbonyl (C=O) groups is 1. The van der Waals surface area contributed by atoms with E-state index in [2.05, 4.69) is 20.9 Å². The van der Waals surface area contributed by atoms with E-state index in [0.29, 0.717) is 31.2 Å². The monoisotopic (exact) mass is 526 g/mol. The Balaban J connectivity index is 0.00000320. The normalized spacial score (nSPS) is 16.6. The Bertz CT molecular complexity index is 860. The number of anilines is 1. The van der Waals surface area contributed by atoms with Crippen LogP contribution in [0.3, 0.4) is 0 Å². The number of amides is 1. The fourth-order valence-corrected chi connectivity index (χ4v) is 3.25. The van der Waals surface area contributed by atoms with Gasteiger partial charge < -0.3 is 20.7 Å². The van der Waals surface area contributed by atoms with Crippen molar-refractivity contribution < 1.29 is 13.9 Å². The number of nitrogens with one attached hydrogen (secondary N) is 3. The number of benzene rings is 2. The van der Waals surface area contributed by atoms with Crippen LogP contribution in [0.15, 0.2) is 53.5 Å². The van der Waals surface area contributed by atoms with Gasteiger partial charge in [-0.1, -0.05) is 18.2 Å². The molecule has 162 valence electrons. The molecule has 0 saturated heterocycles. The maximum Gasteiger partial charge on any atom is 0.225 e. The van der Waals surface area contributed by atoms with E-state index >= 15 is 0 Å². The standard InChI is InChI=1S/C22H27FN4O2.HI/c1-3-24-22(25-13-15(2)29-18-10-8-17(23)9-11-18)26-14-16-12-21(28)27-20-7-5-4-6-19(16)20;/h4-11,15-16H,3,12-14H2,1-2H3,(H,27,28)(H2,24,25,26);1H. The first-order valence-corrected chi connectivity index (χ1v) is 9.88. The van der Waals surface area contributed by atoms with Crippen LogP contribution in [0.25, 0.3) is 0 Å². The first-order chi connectivity index (χ1) is 14.0. The number of fused-ring (bicyclic) bond motifs is 1. The lowest BCUT2D eigenvalue weighted by atomic mass is 9.90. The Kier molecular flexibility index (Phi) is 9.35. The number of para-hydroxylation sites is 1. The van der Waals surface area contributed by atoms with Gasteiger partial charge in [-0.15, -0.1) is 24.0 Å². The second kappa shape index (κ2) is 11.7. The highest BCUT2D eigenvalue weighted by Gasteiger charge is 2.24. The van der Waals surface area contributed by atoms with Crippen molar-refractivity contribution in [2.75, 3.05) is 25.0 Å². The largest absolute Gasteiger partial charge is 0.489 e. The van der Waals surface area contributed by atoms with Gasteiger partial charge in [-0.2, -0.15) is 0 Å². The van der Waals surface area contributed by atoms with E-state index in [1.165, 1.54) is 12.1 Å². The lowest BCUT2D eigenvalue weighted by Gasteiger charge is -2.26. The summed E-state index contributed by atoms with van der Waals surface area (Å²) in [6.07, 6.45) is 0.269. The molecular weight excluding hydrogens is 498 g/mol. The summed E-state index contributed by atoms with van der Waals surface area (Å²) in [4.78, 5) is 16.6. The predicted molar refractivity (Wildman–Crippen MR) is 128 cm³/mol. The van der Waals surface area contributed by atoms with E-state index in [-0.39, 0.29) is 47.7 Å². The molecule has 3 rings (SSSR count). The van der Waals surface area contributed by atoms with Crippen molar-refractivity contribution >= 4 is 41.5 Å². The van der Waals surface area contributed by atoms with Crippen molar-refractivity contribution in [2.45, 2.75) is 32.3 Å². The summed E-state index contributed by atoms with van der Waals surface area (Å²) in [5.41, 5.74) is 2.00. The number of guanidine groups is 1. The molecule has 2 aromatic rings. The first kappa shape index (κ1) is 23.9. The van der Waals surface area contributed by atoms with Gasteiger partial charge in [0.05, 0.1) is 6.54 Å². The molecule has 2 atom stereocenters. The van der Waals surface area contributed by atoms with Crippen LogP contribution in [0.1, 0.15) is 31.7 Å². The van der Waals surface area contributed by atoms with Crippen LogP contribution >= 0.6 is 24.0 Å². The lowest BCUT2D eigenvalue weighted by Crippen LogP contribution is -2.41. The smallest absolute Gasteiger partial charge is 0.225 e. The number of hydrogen-bond donors (Lipinski definition) is 3. The molecule has 0 aliphatic carbocycles. The number of aliphatic imine (C=N–C) groups is 1. The zero-order chi connectivity index (χ0) is 20.6. The predicted octanol–water partition coefficient (Wildman–Crippen LogP) is 3.89. The van der Waals surface area contributed by atoms with Gasteiger partial charge in [0, 0.05) is 31.1 Å². The van der Waals surface area contributed by atoms with E-state index in [1.54, 1.807) is 12.1 Å². The minimum atomic E-state index is -0.292. The summed E-state index contributed by atoms with van der Waals surface area (Å²) in [7, 11) is 0. The van der Waals surface area contributed by atoms with Crippen molar-refractivity contribution in [3.05, 3.63) is 59.9 Å². The minimum Gasteiger partial charge on any atom is -0.489 e. The highest BCUT2D eigenvalue weighted by Crippen LogP contribution is 2.31. The first-order valence-electron chi connectivity index (χ1n) is 9.88. The highest BCUT2D eigenvalue weighted by atomic mass is 127. The average molecular weight is 526 g/mol. The van der Waals surface area contributed by atoms with E-state index in [9.17, 15) is 9.18 Å². The van der Waals surface area contributed by atoms with Crippen molar-refractivity contribution in [1.82, 2.24) is 10.6 Å². The van der Waals surface area contributed by atoms with Crippen LogP contribution in [0.4, 0.5) is 10.1 Å². The Morgan fingerprint density at radius 2 is 1.97 bits per heavy atom. The zero-order valence-electron chi connectivity index (χ0n) is 17.2. The third kappa shape index (κ3) is 6.86. The molecule has 1 amide bonds. The van der Waals surface area contributed by atoms with Gasteiger partial charge in [0.2, 0.25) is 5.91 Å². The van der Waals surface area contributed by atoms with E-state index < -0.39 is 0 Å². The average Bonchev–Trinajstić information content (AvgIpc) is 2.71. The Morgan fingerprint density at radius 3 is 2.70 bits per heavy atom. The van der Waals surface area contributed by atoms with Crippen LogP contribution in [-0.4, -0.2) is 37.6 Å². The van der Waals surface area contributed by atoms with E-state index in [4.69, 9.17) is 4.74 Å². The van der Waals surface area contributed by atoms with Crippen molar-refractivity contribution in [3.63, 3.8) is 0 Å². The zero-order valence-corrected chi connectivity index (χ0v) is 19.5. The molecule has 1 aliphatic heterocycles. The summed E-state index contributed by atoms with van der Waals surface area (Å²) >= 11 is 0. The van der Waals surface area contributed by atoms with Crippen LogP contribution in [0.5, 0.6) is 5.75 Å². The molecule has 0 spiro atoms. The Morgan fingerprint density at radius 1 is 1.23 bits per heavy atom. The Labute approximate surface area is 193 Å². The number of carbonyl (C=O) groups excluding carboxylic acids is 1. The van der Waals surface area contributed by atoms with Gasteiger partial charge in [-0.3, -0.25) is 4.79 Å². The van der Waals surface area contributed by atoms with Crippen LogP contribution in [-0.2, 0) is 4.79 Å². The van der Waals surface area contributed by atoms with Gasteiger partial charge in [-0.05, 0) is 49.7 Å².